The second-order valence-electron chi connectivity index (χ2n) is 5.04. The van der Waals surface area contributed by atoms with Crippen molar-refractivity contribution in [2.24, 2.45) is 0 Å². The molecule has 21 heavy (non-hydrogen) atoms. The van der Waals surface area contributed by atoms with Crippen molar-refractivity contribution in [2.45, 2.75) is 38.3 Å². The van der Waals surface area contributed by atoms with Gasteiger partial charge >= 0.3 is 0 Å². The van der Waals surface area contributed by atoms with Gasteiger partial charge in [-0.3, -0.25) is 0 Å². The maximum atomic E-state index is 6.32. The third kappa shape index (κ3) is 5.10. The molecule has 2 rings (SSSR count). The van der Waals surface area contributed by atoms with Gasteiger partial charge in [0.15, 0.2) is 11.5 Å². The summed E-state index contributed by atoms with van der Waals surface area (Å²) in [5, 5.41) is 3.94. The maximum absolute atomic E-state index is 6.32. The highest BCUT2D eigenvalue weighted by molar-refractivity contribution is 6.31. The summed E-state index contributed by atoms with van der Waals surface area (Å²) < 4.78 is 11.4. The molecule has 0 bridgehead atoms. The van der Waals surface area contributed by atoms with Crippen molar-refractivity contribution in [1.82, 2.24) is 5.32 Å². The third-order valence-corrected chi connectivity index (χ3v) is 3.88. The summed E-state index contributed by atoms with van der Waals surface area (Å²) in [6.07, 6.45) is 6.83. The summed E-state index contributed by atoms with van der Waals surface area (Å²) in [7, 11) is 1.66. The fourth-order valence-corrected chi connectivity index (χ4v) is 2.68. The minimum atomic E-state index is 0. The molecular formula is C16H23Cl2NO2. The van der Waals surface area contributed by atoms with Crippen LogP contribution in [0.3, 0.4) is 0 Å². The third-order valence-electron chi connectivity index (χ3n) is 3.53. The van der Waals surface area contributed by atoms with Gasteiger partial charge in [-0.05, 0) is 37.3 Å². The van der Waals surface area contributed by atoms with Crippen molar-refractivity contribution in [1.29, 1.82) is 0 Å². The standard InChI is InChI=1S/C16H22ClNO2.ClH/c1-3-8-18-11-12-9-15(19-2)16(10-14(12)17)20-13-6-4-5-7-13;/h3,9-10,13,18H,1,4-8,11H2,2H3;1H. The van der Waals surface area contributed by atoms with E-state index in [1.165, 1.54) is 12.8 Å². The highest BCUT2D eigenvalue weighted by atomic mass is 35.5. The monoisotopic (exact) mass is 331 g/mol. The quantitative estimate of drug-likeness (QED) is 0.594. The van der Waals surface area contributed by atoms with Crippen LogP contribution in [-0.4, -0.2) is 19.8 Å². The van der Waals surface area contributed by atoms with Gasteiger partial charge in [-0.1, -0.05) is 17.7 Å². The molecule has 1 N–H and O–H groups in total. The highest BCUT2D eigenvalue weighted by Gasteiger charge is 2.19. The zero-order chi connectivity index (χ0) is 14.4. The molecule has 1 aromatic rings. The van der Waals surface area contributed by atoms with Crippen LogP contribution < -0.4 is 14.8 Å². The van der Waals surface area contributed by atoms with Crippen LogP contribution in [0, 0.1) is 0 Å². The highest BCUT2D eigenvalue weighted by Crippen LogP contribution is 2.36. The van der Waals surface area contributed by atoms with Crippen molar-refractivity contribution in [3.05, 3.63) is 35.4 Å². The van der Waals surface area contributed by atoms with Gasteiger partial charge in [0, 0.05) is 24.2 Å². The van der Waals surface area contributed by atoms with E-state index in [-0.39, 0.29) is 12.4 Å². The summed E-state index contributed by atoms with van der Waals surface area (Å²) in [5.74, 6) is 1.49. The lowest BCUT2D eigenvalue weighted by molar-refractivity contribution is 0.200. The van der Waals surface area contributed by atoms with Crippen molar-refractivity contribution < 1.29 is 9.47 Å². The Morgan fingerprint density at radius 2 is 2.05 bits per heavy atom. The summed E-state index contributed by atoms with van der Waals surface area (Å²) >= 11 is 6.32. The zero-order valence-corrected chi connectivity index (χ0v) is 13.9. The zero-order valence-electron chi connectivity index (χ0n) is 12.4. The van der Waals surface area contributed by atoms with Crippen LogP contribution in [0.2, 0.25) is 5.02 Å². The summed E-state index contributed by atoms with van der Waals surface area (Å²) in [6.45, 7) is 5.11. The molecule has 0 atom stereocenters. The first kappa shape index (κ1) is 18.1. The molecule has 0 unspecified atom stereocenters. The van der Waals surface area contributed by atoms with Crippen molar-refractivity contribution >= 4 is 24.0 Å². The minimum Gasteiger partial charge on any atom is -0.493 e. The van der Waals surface area contributed by atoms with Crippen LogP contribution in [0.4, 0.5) is 0 Å². The van der Waals surface area contributed by atoms with E-state index in [1.807, 2.05) is 18.2 Å². The molecule has 0 aromatic heterocycles. The molecule has 0 saturated heterocycles. The Hall–Kier alpha value is -0.900. The molecule has 0 spiro atoms. The fourth-order valence-electron chi connectivity index (χ4n) is 2.46. The average molecular weight is 332 g/mol. The van der Waals surface area contributed by atoms with Crippen LogP contribution in [0.5, 0.6) is 11.5 Å². The van der Waals surface area contributed by atoms with E-state index in [1.54, 1.807) is 7.11 Å². The number of ether oxygens (including phenoxy) is 2. The Bertz CT molecular complexity index is 460. The molecule has 0 aliphatic heterocycles. The van der Waals surface area contributed by atoms with E-state index in [0.29, 0.717) is 17.7 Å². The number of rotatable bonds is 7. The molecule has 0 radical (unpaired) electrons. The largest absolute Gasteiger partial charge is 0.493 e. The minimum absolute atomic E-state index is 0. The molecule has 3 nitrogen and oxygen atoms in total. The van der Waals surface area contributed by atoms with Gasteiger partial charge in [-0.15, -0.1) is 19.0 Å². The first-order valence-corrected chi connectivity index (χ1v) is 7.47. The van der Waals surface area contributed by atoms with E-state index >= 15 is 0 Å². The van der Waals surface area contributed by atoms with Crippen molar-refractivity contribution in [3.63, 3.8) is 0 Å². The van der Waals surface area contributed by atoms with Gasteiger partial charge in [0.2, 0.25) is 0 Å². The number of halogens is 2. The van der Waals surface area contributed by atoms with Crippen LogP contribution in [0.15, 0.2) is 24.8 Å². The molecule has 1 aliphatic rings. The predicted molar refractivity (Wildman–Crippen MR) is 90.0 cm³/mol. The van der Waals surface area contributed by atoms with Crippen molar-refractivity contribution in [3.8, 4) is 11.5 Å². The molecule has 0 heterocycles. The topological polar surface area (TPSA) is 30.5 Å². The molecule has 1 saturated carbocycles. The molecule has 1 fully saturated rings. The van der Waals surface area contributed by atoms with E-state index in [2.05, 4.69) is 11.9 Å². The van der Waals surface area contributed by atoms with Gasteiger partial charge in [-0.25, -0.2) is 0 Å². The van der Waals surface area contributed by atoms with Gasteiger partial charge in [0.25, 0.3) is 0 Å². The number of hydrogen-bond acceptors (Lipinski definition) is 3. The average Bonchev–Trinajstić information content (AvgIpc) is 2.94. The molecule has 118 valence electrons. The Kier molecular flexibility index (Phi) is 7.94. The van der Waals surface area contributed by atoms with Crippen LogP contribution >= 0.6 is 24.0 Å². The van der Waals surface area contributed by atoms with Crippen LogP contribution in [0.25, 0.3) is 0 Å². The molecular weight excluding hydrogens is 309 g/mol. The number of hydrogen-bond donors (Lipinski definition) is 1. The summed E-state index contributed by atoms with van der Waals surface area (Å²) in [4.78, 5) is 0. The van der Waals surface area contributed by atoms with E-state index in [4.69, 9.17) is 21.1 Å². The molecule has 0 amide bonds. The number of methoxy groups -OCH3 is 1. The Labute approximate surface area is 138 Å². The van der Waals surface area contributed by atoms with E-state index in [9.17, 15) is 0 Å². The van der Waals surface area contributed by atoms with Gasteiger partial charge in [-0.2, -0.15) is 0 Å². The Morgan fingerprint density at radius 1 is 1.33 bits per heavy atom. The lowest BCUT2D eigenvalue weighted by Crippen LogP contribution is -2.14. The molecule has 1 aliphatic carbocycles. The number of benzene rings is 1. The molecule has 1 aromatic carbocycles. The van der Waals surface area contributed by atoms with E-state index in [0.717, 1.165) is 36.4 Å². The van der Waals surface area contributed by atoms with Gasteiger partial charge in [0.1, 0.15) is 0 Å². The van der Waals surface area contributed by atoms with Crippen molar-refractivity contribution in [2.75, 3.05) is 13.7 Å². The van der Waals surface area contributed by atoms with E-state index < -0.39 is 0 Å². The predicted octanol–water partition coefficient (Wildman–Crippen LogP) is 4.37. The second kappa shape index (κ2) is 9.19. The molecule has 5 heteroatoms. The van der Waals surface area contributed by atoms with Gasteiger partial charge < -0.3 is 14.8 Å². The van der Waals surface area contributed by atoms with Crippen LogP contribution in [0.1, 0.15) is 31.2 Å². The lowest BCUT2D eigenvalue weighted by Gasteiger charge is -2.17. The normalized spacial score (nSPS) is 14.6. The summed E-state index contributed by atoms with van der Waals surface area (Å²) in [6, 6.07) is 3.81. The number of nitrogens with one attached hydrogen (secondary N) is 1. The maximum Gasteiger partial charge on any atom is 0.163 e. The lowest BCUT2D eigenvalue weighted by atomic mass is 10.2. The summed E-state index contributed by atoms with van der Waals surface area (Å²) in [5.41, 5.74) is 1.00. The van der Waals surface area contributed by atoms with Crippen LogP contribution in [-0.2, 0) is 6.54 Å². The van der Waals surface area contributed by atoms with Gasteiger partial charge in [0.05, 0.1) is 13.2 Å². The second-order valence-corrected chi connectivity index (χ2v) is 5.45. The SMILES string of the molecule is C=CCNCc1cc(OC)c(OC2CCCC2)cc1Cl.Cl. The fraction of sp³-hybridized carbons (Fsp3) is 0.500. The first-order valence-electron chi connectivity index (χ1n) is 7.09. The Morgan fingerprint density at radius 3 is 2.67 bits per heavy atom. The smallest absolute Gasteiger partial charge is 0.163 e. The first-order chi connectivity index (χ1) is 9.74. The Balaban J connectivity index is 0.00000220.